The number of aliphatic hydroxyl groups excluding tert-OH is 1. The summed E-state index contributed by atoms with van der Waals surface area (Å²) in [5, 5.41) is 20.3. The van der Waals surface area contributed by atoms with Crippen LogP contribution < -0.4 is 4.90 Å². The van der Waals surface area contributed by atoms with E-state index in [0.717, 1.165) is 19.4 Å². The molecule has 0 spiro atoms. The number of carbonyl (C=O) groups excluding carboxylic acids is 1. The molecule has 0 unspecified atom stereocenters. The summed E-state index contributed by atoms with van der Waals surface area (Å²) in [5.41, 5.74) is 0.694. The fourth-order valence-electron chi connectivity index (χ4n) is 2.72. The fourth-order valence-corrected chi connectivity index (χ4v) is 2.72. The van der Waals surface area contributed by atoms with Gasteiger partial charge in [-0.1, -0.05) is 0 Å². The molecule has 0 aliphatic carbocycles. The van der Waals surface area contributed by atoms with Crippen molar-refractivity contribution < 1.29 is 19.6 Å². The highest BCUT2D eigenvalue weighted by Crippen LogP contribution is 2.30. The molecule has 1 aromatic rings. The number of benzene rings is 1. The van der Waals surface area contributed by atoms with Gasteiger partial charge in [-0.25, -0.2) is 4.79 Å². The van der Waals surface area contributed by atoms with E-state index in [-0.39, 0.29) is 30.4 Å². The molecule has 0 radical (unpaired) electrons. The van der Waals surface area contributed by atoms with Crippen molar-refractivity contribution in [2.75, 3.05) is 31.2 Å². The third-order valence-electron chi connectivity index (χ3n) is 3.80. The SMILES string of the molecule is CCOC(=O)c1cc([N+](=O)[O-])ccc1N1CCC[C@@H](CO)C1. The summed E-state index contributed by atoms with van der Waals surface area (Å²) in [6.45, 7) is 3.37. The summed E-state index contributed by atoms with van der Waals surface area (Å²) in [4.78, 5) is 24.5. The maximum atomic E-state index is 12.1. The lowest BCUT2D eigenvalue weighted by Gasteiger charge is -2.34. The number of ether oxygens (including phenoxy) is 1. The number of esters is 1. The van der Waals surface area contributed by atoms with Crippen molar-refractivity contribution in [2.24, 2.45) is 5.92 Å². The van der Waals surface area contributed by atoms with Crippen LogP contribution in [0.15, 0.2) is 18.2 Å². The van der Waals surface area contributed by atoms with E-state index < -0.39 is 10.9 Å². The Morgan fingerprint density at radius 3 is 2.95 bits per heavy atom. The van der Waals surface area contributed by atoms with Gasteiger partial charge in [0.05, 0.1) is 22.8 Å². The van der Waals surface area contributed by atoms with Gasteiger partial charge in [0.1, 0.15) is 0 Å². The number of nitro groups is 1. The Morgan fingerprint density at radius 2 is 2.32 bits per heavy atom. The Hall–Kier alpha value is -2.15. The lowest BCUT2D eigenvalue weighted by Crippen LogP contribution is -2.37. The van der Waals surface area contributed by atoms with E-state index in [9.17, 15) is 20.0 Å². The molecule has 22 heavy (non-hydrogen) atoms. The van der Waals surface area contributed by atoms with Gasteiger partial charge in [0.25, 0.3) is 5.69 Å². The maximum absolute atomic E-state index is 12.1. The third-order valence-corrected chi connectivity index (χ3v) is 3.80. The zero-order valence-electron chi connectivity index (χ0n) is 12.5. The van der Waals surface area contributed by atoms with E-state index in [1.54, 1.807) is 13.0 Å². The van der Waals surface area contributed by atoms with Crippen LogP contribution in [0.3, 0.4) is 0 Å². The second-order valence-corrected chi connectivity index (χ2v) is 5.32. The molecule has 1 aliphatic heterocycles. The summed E-state index contributed by atoms with van der Waals surface area (Å²) in [7, 11) is 0. The zero-order chi connectivity index (χ0) is 16.1. The number of hydrogen-bond donors (Lipinski definition) is 1. The first kappa shape index (κ1) is 16.2. The minimum Gasteiger partial charge on any atom is -0.462 e. The van der Waals surface area contributed by atoms with Crippen LogP contribution in [-0.2, 0) is 4.74 Å². The van der Waals surface area contributed by atoms with Crippen LogP contribution in [0, 0.1) is 16.0 Å². The Morgan fingerprint density at radius 1 is 1.55 bits per heavy atom. The molecule has 2 rings (SSSR count). The first-order valence-corrected chi connectivity index (χ1v) is 7.38. The average molecular weight is 308 g/mol. The number of nitro benzene ring substituents is 1. The number of hydrogen-bond acceptors (Lipinski definition) is 6. The molecular formula is C15H20N2O5. The maximum Gasteiger partial charge on any atom is 0.340 e. The molecule has 1 heterocycles. The van der Waals surface area contributed by atoms with Crippen LogP contribution in [0.25, 0.3) is 0 Å². The van der Waals surface area contributed by atoms with E-state index in [0.29, 0.717) is 12.2 Å². The van der Waals surface area contributed by atoms with Crippen molar-refractivity contribution in [3.05, 3.63) is 33.9 Å². The number of anilines is 1. The summed E-state index contributed by atoms with van der Waals surface area (Å²) >= 11 is 0. The number of non-ortho nitro benzene ring substituents is 1. The molecule has 1 N–H and O–H groups in total. The van der Waals surface area contributed by atoms with Crippen LogP contribution in [0.5, 0.6) is 0 Å². The Labute approximate surface area is 128 Å². The van der Waals surface area contributed by atoms with Gasteiger partial charge in [0.2, 0.25) is 0 Å². The Kier molecular flexibility index (Phi) is 5.32. The molecule has 0 saturated carbocycles. The molecule has 1 saturated heterocycles. The predicted octanol–water partition coefficient (Wildman–Crippen LogP) is 1.98. The van der Waals surface area contributed by atoms with Crippen molar-refractivity contribution in [3.8, 4) is 0 Å². The van der Waals surface area contributed by atoms with Gasteiger partial charge in [-0.05, 0) is 31.7 Å². The average Bonchev–Trinajstić information content (AvgIpc) is 2.54. The Bertz CT molecular complexity index is 561. The second kappa shape index (κ2) is 7.22. The lowest BCUT2D eigenvalue weighted by molar-refractivity contribution is -0.384. The molecule has 1 aromatic carbocycles. The molecule has 0 amide bonds. The van der Waals surface area contributed by atoms with Crippen molar-refractivity contribution in [1.29, 1.82) is 0 Å². The number of rotatable bonds is 5. The molecule has 7 heteroatoms. The molecule has 0 bridgehead atoms. The molecule has 1 atom stereocenters. The van der Waals surface area contributed by atoms with Gasteiger partial charge < -0.3 is 14.7 Å². The number of nitrogens with zero attached hydrogens (tertiary/aromatic N) is 2. The standard InChI is InChI=1S/C15H20N2O5/c1-2-22-15(19)13-8-12(17(20)21)5-6-14(13)16-7-3-4-11(9-16)10-18/h5-6,8,11,18H,2-4,7,9-10H2,1H3/t11-/m1/s1. The van der Waals surface area contributed by atoms with Crippen LogP contribution in [0.4, 0.5) is 11.4 Å². The van der Waals surface area contributed by atoms with Gasteiger partial charge >= 0.3 is 5.97 Å². The first-order chi connectivity index (χ1) is 10.6. The third kappa shape index (κ3) is 3.54. The molecule has 0 aromatic heterocycles. The van der Waals surface area contributed by atoms with Gasteiger partial charge in [-0.15, -0.1) is 0 Å². The largest absolute Gasteiger partial charge is 0.462 e. The highest BCUT2D eigenvalue weighted by atomic mass is 16.6. The van der Waals surface area contributed by atoms with Crippen molar-refractivity contribution >= 4 is 17.3 Å². The van der Waals surface area contributed by atoms with Gasteiger partial charge in [-0.2, -0.15) is 0 Å². The van der Waals surface area contributed by atoms with Crippen molar-refractivity contribution in [3.63, 3.8) is 0 Å². The van der Waals surface area contributed by atoms with Crippen LogP contribution in [0.2, 0.25) is 0 Å². The lowest BCUT2D eigenvalue weighted by atomic mass is 9.97. The summed E-state index contributed by atoms with van der Waals surface area (Å²) in [5.74, 6) is -0.411. The number of aliphatic hydroxyl groups is 1. The van der Waals surface area contributed by atoms with E-state index >= 15 is 0 Å². The van der Waals surface area contributed by atoms with E-state index in [1.165, 1.54) is 12.1 Å². The predicted molar refractivity (Wildman–Crippen MR) is 81.1 cm³/mol. The molecular weight excluding hydrogens is 288 g/mol. The van der Waals surface area contributed by atoms with E-state index in [2.05, 4.69) is 0 Å². The van der Waals surface area contributed by atoms with Crippen LogP contribution in [0.1, 0.15) is 30.1 Å². The number of carbonyl (C=O) groups is 1. The zero-order valence-corrected chi connectivity index (χ0v) is 12.5. The topological polar surface area (TPSA) is 92.9 Å². The van der Waals surface area contributed by atoms with Crippen molar-refractivity contribution in [1.82, 2.24) is 0 Å². The second-order valence-electron chi connectivity index (χ2n) is 5.32. The summed E-state index contributed by atoms with van der Waals surface area (Å²) < 4.78 is 5.01. The highest BCUT2D eigenvalue weighted by Gasteiger charge is 2.25. The molecule has 1 fully saturated rings. The first-order valence-electron chi connectivity index (χ1n) is 7.38. The minimum atomic E-state index is -0.563. The molecule has 7 nitrogen and oxygen atoms in total. The van der Waals surface area contributed by atoms with E-state index in [1.807, 2.05) is 4.90 Å². The van der Waals surface area contributed by atoms with Crippen molar-refractivity contribution in [2.45, 2.75) is 19.8 Å². The smallest absolute Gasteiger partial charge is 0.340 e. The van der Waals surface area contributed by atoms with Gasteiger partial charge in [0, 0.05) is 31.8 Å². The Balaban J connectivity index is 2.36. The quantitative estimate of drug-likeness (QED) is 0.508. The minimum absolute atomic E-state index is 0.0955. The monoisotopic (exact) mass is 308 g/mol. The highest BCUT2D eigenvalue weighted by molar-refractivity contribution is 5.96. The number of piperidine rings is 1. The van der Waals surface area contributed by atoms with E-state index in [4.69, 9.17) is 4.74 Å². The van der Waals surface area contributed by atoms with Gasteiger partial charge in [0.15, 0.2) is 0 Å². The molecule has 1 aliphatic rings. The summed E-state index contributed by atoms with van der Waals surface area (Å²) in [6.07, 6.45) is 1.85. The van der Waals surface area contributed by atoms with Crippen LogP contribution in [-0.4, -0.2) is 42.3 Å². The molecule has 120 valence electrons. The van der Waals surface area contributed by atoms with Gasteiger partial charge in [-0.3, -0.25) is 10.1 Å². The van der Waals surface area contributed by atoms with Crippen LogP contribution >= 0.6 is 0 Å². The fraction of sp³-hybridized carbons (Fsp3) is 0.533. The normalized spacial score (nSPS) is 18.1. The summed E-state index contributed by atoms with van der Waals surface area (Å²) in [6, 6.07) is 4.24.